The molecule has 1 aromatic carbocycles. The predicted octanol–water partition coefficient (Wildman–Crippen LogP) is 1.19. The smallest absolute Gasteiger partial charge is 0.240 e. The van der Waals surface area contributed by atoms with E-state index in [1.54, 1.807) is 18.2 Å². The predicted molar refractivity (Wildman–Crippen MR) is 70.7 cm³/mol. The third-order valence-corrected chi connectivity index (χ3v) is 2.80. The molecule has 0 amide bonds. The number of hydrogen-bond donors (Lipinski definition) is 2. The van der Waals surface area contributed by atoms with Crippen LogP contribution in [-0.2, 0) is 0 Å². The van der Waals surface area contributed by atoms with E-state index in [9.17, 15) is 4.39 Å². The highest BCUT2D eigenvalue weighted by molar-refractivity contribution is 5.34. The molecule has 3 N–H and O–H groups in total. The van der Waals surface area contributed by atoms with Crippen LogP contribution in [0, 0.1) is 5.82 Å². The van der Waals surface area contributed by atoms with Gasteiger partial charge in [-0.3, -0.25) is 5.84 Å². The van der Waals surface area contributed by atoms with Gasteiger partial charge in [0.1, 0.15) is 11.5 Å². The van der Waals surface area contributed by atoms with E-state index in [0.29, 0.717) is 17.1 Å². The Bertz CT molecular complexity index is 594. The molecule has 0 fully saturated rings. The average Bonchev–Trinajstić information content (AvgIpc) is 2.50. The fraction of sp³-hybridized carbons (Fsp3) is 0.231. The van der Waals surface area contributed by atoms with Gasteiger partial charge in [0.2, 0.25) is 11.8 Å². The van der Waals surface area contributed by atoms with E-state index in [0.717, 1.165) is 0 Å². The number of nitrogens with zero attached hydrogens (tertiary/aromatic N) is 2. The SMILES string of the molecule is COc1cnc(C(NN)c2ccccc2F)c(OC)n1. The second-order valence-electron chi connectivity index (χ2n) is 3.93. The Balaban J connectivity index is 2.49. The number of hydrazine groups is 1. The van der Waals surface area contributed by atoms with Crippen molar-refractivity contribution < 1.29 is 13.9 Å². The summed E-state index contributed by atoms with van der Waals surface area (Å²) in [5.41, 5.74) is 3.25. The Morgan fingerprint density at radius 2 is 2.00 bits per heavy atom. The molecule has 1 heterocycles. The van der Waals surface area contributed by atoms with Gasteiger partial charge in [0.05, 0.1) is 26.5 Å². The summed E-state index contributed by atoms with van der Waals surface area (Å²) in [6, 6.07) is 5.61. The summed E-state index contributed by atoms with van der Waals surface area (Å²) in [6.07, 6.45) is 1.42. The standard InChI is InChI=1S/C13H15FN4O2/c1-19-10-7-16-12(13(17-10)20-2)11(18-15)8-5-3-4-6-9(8)14/h3-7,11,18H,15H2,1-2H3. The summed E-state index contributed by atoms with van der Waals surface area (Å²) in [5, 5.41) is 0. The summed E-state index contributed by atoms with van der Waals surface area (Å²) >= 11 is 0. The Labute approximate surface area is 115 Å². The number of benzene rings is 1. The first-order valence-electron chi connectivity index (χ1n) is 5.86. The second kappa shape index (κ2) is 6.27. The number of rotatable bonds is 5. The van der Waals surface area contributed by atoms with E-state index in [-0.39, 0.29) is 5.88 Å². The maximum Gasteiger partial charge on any atom is 0.240 e. The number of nitrogens with one attached hydrogen (secondary N) is 1. The summed E-state index contributed by atoms with van der Waals surface area (Å²) in [7, 11) is 2.92. The van der Waals surface area contributed by atoms with Gasteiger partial charge in [0, 0.05) is 5.56 Å². The molecule has 0 saturated heterocycles. The lowest BCUT2D eigenvalue weighted by Crippen LogP contribution is -2.30. The molecule has 0 radical (unpaired) electrons. The average molecular weight is 278 g/mol. The highest BCUT2D eigenvalue weighted by Crippen LogP contribution is 2.28. The molecule has 0 bridgehead atoms. The molecule has 0 spiro atoms. The van der Waals surface area contributed by atoms with Crippen LogP contribution in [0.4, 0.5) is 4.39 Å². The molecule has 106 valence electrons. The summed E-state index contributed by atoms with van der Waals surface area (Å²) in [6.45, 7) is 0. The Morgan fingerprint density at radius 1 is 1.25 bits per heavy atom. The Hall–Kier alpha value is -2.25. The van der Waals surface area contributed by atoms with E-state index < -0.39 is 11.9 Å². The normalized spacial score (nSPS) is 12.0. The minimum atomic E-state index is -0.676. The molecule has 6 nitrogen and oxygen atoms in total. The van der Waals surface area contributed by atoms with Crippen LogP contribution in [0.25, 0.3) is 0 Å². The first kappa shape index (κ1) is 14.2. The van der Waals surface area contributed by atoms with Crippen molar-refractivity contribution in [1.82, 2.24) is 15.4 Å². The highest BCUT2D eigenvalue weighted by Gasteiger charge is 2.23. The van der Waals surface area contributed by atoms with Gasteiger partial charge in [-0.2, -0.15) is 4.98 Å². The molecule has 1 aromatic heterocycles. The first-order chi connectivity index (χ1) is 9.71. The molecule has 0 aliphatic heterocycles. The van der Waals surface area contributed by atoms with E-state index in [1.807, 2.05) is 0 Å². The van der Waals surface area contributed by atoms with Gasteiger partial charge in [-0.15, -0.1) is 0 Å². The molecular weight excluding hydrogens is 263 g/mol. The van der Waals surface area contributed by atoms with Crippen molar-refractivity contribution in [3.05, 3.63) is 47.5 Å². The largest absolute Gasteiger partial charge is 0.480 e. The Morgan fingerprint density at radius 3 is 2.60 bits per heavy atom. The number of aromatic nitrogens is 2. The van der Waals surface area contributed by atoms with Crippen LogP contribution in [-0.4, -0.2) is 24.2 Å². The van der Waals surface area contributed by atoms with E-state index in [2.05, 4.69) is 15.4 Å². The molecule has 2 rings (SSSR count). The number of halogens is 1. The van der Waals surface area contributed by atoms with Crippen LogP contribution in [0.2, 0.25) is 0 Å². The minimum Gasteiger partial charge on any atom is -0.480 e. The van der Waals surface area contributed by atoms with Crippen molar-refractivity contribution in [2.24, 2.45) is 5.84 Å². The van der Waals surface area contributed by atoms with Crippen molar-refractivity contribution in [3.8, 4) is 11.8 Å². The van der Waals surface area contributed by atoms with Crippen LogP contribution in [0.3, 0.4) is 0 Å². The van der Waals surface area contributed by atoms with Gasteiger partial charge < -0.3 is 9.47 Å². The van der Waals surface area contributed by atoms with Crippen LogP contribution in [0.5, 0.6) is 11.8 Å². The lowest BCUT2D eigenvalue weighted by Gasteiger charge is -2.18. The molecule has 20 heavy (non-hydrogen) atoms. The van der Waals surface area contributed by atoms with Crippen molar-refractivity contribution in [2.75, 3.05) is 14.2 Å². The minimum absolute atomic E-state index is 0.218. The molecule has 0 saturated carbocycles. The molecule has 0 aliphatic rings. The highest BCUT2D eigenvalue weighted by atomic mass is 19.1. The molecule has 0 aliphatic carbocycles. The third-order valence-electron chi connectivity index (χ3n) is 2.80. The summed E-state index contributed by atoms with van der Waals surface area (Å²) < 4.78 is 24.0. The number of methoxy groups -OCH3 is 2. The zero-order chi connectivity index (χ0) is 14.5. The number of nitrogens with two attached hydrogens (primary N) is 1. The van der Waals surface area contributed by atoms with E-state index in [4.69, 9.17) is 15.3 Å². The zero-order valence-electron chi connectivity index (χ0n) is 11.1. The van der Waals surface area contributed by atoms with Gasteiger partial charge >= 0.3 is 0 Å². The fourth-order valence-corrected chi connectivity index (χ4v) is 1.84. The first-order valence-corrected chi connectivity index (χ1v) is 5.86. The van der Waals surface area contributed by atoms with Gasteiger partial charge in [-0.05, 0) is 6.07 Å². The van der Waals surface area contributed by atoms with E-state index >= 15 is 0 Å². The van der Waals surface area contributed by atoms with Crippen LogP contribution >= 0.6 is 0 Å². The maximum atomic E-state index is 13.9. The molecule has 7 heteroatoms. The van der Waals surface area contributed by atoms with Crippen LogP contribution < -0.4 is 20.7 Å². The van der Waals surface area contributed by atoms with E-state index in [1.165, 1.54) is 26.5 Å². The van der Waals surface area contributed by atoms with Crippen LogP contribution in [0.15, 0.2) is 30.5 Å². The van der Waals surface area contributed by atoms with Gasteiger partial charge in [0.15, 0.2) is 0 Å². The van der Waals surface area contributed by atoms with Crippen molar-refractivity contribution in [2.45, 2.75) is 6.04 Å². The zero-order valence-corrected chi connectivity index (χ0v) is 11.1. The van der Waals surface area contributed by atoms with Crippen LogP contribution in [0.1, 0.15) is 17.3 Å². The number of hydrogen-bond acceptors (Lipinski definition) is 6. The van der Waals surface area contributed by atoms with Gasteiger partial charge in [-0.1, -0.05) is 18.2 Å². The third kappa shape index (κ3) is 2.68. The van der Waals surface area contributed by atoms with Crippen molar-refractivity contribution in [3.63, 3.8) is 0 Å². The fourth-order valence-electron chi connectivity index (χ4n) is 1.84. The monoisotopic (exact) mass is 278 g/mol. The Kier molecular flexibility index (Phi) is 4.44. The molecule has 1 unspecified atom stereocenters. The summed E-state index contributed by atoms with van der Waals surface area (Å²) in [5.74, 6) is 5.65. The van der Waals surface area contributed by atoms with Gasteiger partial charge in [-0.25, -0.2) is 14.8 Å². The van der Waals surface area contributed by atoms with Crippen molar-refractivity contribution >= 4 is 0 Å². The quantitative estimate of drug-likeness (QED) is 0.631. The van der Waals surface area contributed by atoms with Gasteiger partial charge in [0.25, 0.3) is 0 Å². The van der Waals surface area contributed by atoms with Crippen molar-refractivity contribution in [1.29, 1.82) is 0 Å². The number of ether oxygens (including phenoxy) is 2. The molecule has 1 atom stereocenters. The molecular formula is C13H15FN4O2. The summed E-state index contributed by atoms with van der Waals surface area (Å²) in [4.78, 5) is 8.30. The molecule has 2 aromatic rings. The lowest BCUT2D eigenvalue weighted by molar-refractivity contribution is 0.352. The lowest BCUT2D eigenvalue weighted by atomic mass is 10.0. The second-order valence-corrected chi connectivity index (χ2v) is 3.93. The maximum absolute atomic E-state index is 13.9. The topological polar surface area (TPSA) is 82.3 Å².